The van der Waals surface area contributed by atoms with Gasteiger partial charge in [-0.15, -0.1) is 23.1 Å². The Morgan fingerprint density at radius 3 is 2.66 bits per heavy atom. The molecule has 3 aromatic rings. The Morgan fingerprint density at radius 1 is 1.31 bits per heavy atom. The van der Waals surface area contributed by atoms with Gasteiger partial charge >= 0.3 is 0 Å². The SMILES string of the molecule is CCN(C(=O)c1cccc(CSc2cccs2)c1)S(=O)(=O)c1c(C)nn(C)c1Cl. The quantitative estimate of drug-likeness (QED) is 0.473. The summed E-state index contributed by atoms with van der Waals surface area (Å²) in [6.07, 6.45) is 0. The molecule has 2 aromatic heterocycles. The molecule has 0 spiro atoms. The third-order valence-corrected chi connectivity index (χ3v) is 8.97. The normalized spacial score (nSPS) is 11.6. The van der Waals surface area contributed by atoms with Crippen LogP contribution in [0.1, 0.15) is 28.5 Å². The Bertz CT molecular complexity index is 1130. The summed E-state index contributed by atoms with van der Waals surface area (Å²) in [6.45, 7) is 3.16. The van der Waals surface area contributed by atoms with Gasteiger partial charge in [0.15, 0.2) is 0 Å². The minimum absolute atomic E-state index is 0.0139. The number of halogens is 1. The smallest absolute Gasteiger partial charge is 0.268 e. The van der Waals surface area contributed by atoms with Gasteiger partial charge in [-0.05, 0) is 43.0 Å². The maximum absolute atomic E-state index is 13.2. The van der Waals surface area contributed by atoms with E-state index in [2.05, 4.69) is 5.10 Å². The second-order valence-electron chi connectivity index (χ2n) is 6.23. The number of nitrogens with zero attached hydrogens (tertiary/aromatic N) is 3. The van der Waals surface area contributed by atoms with Gasteiger partial charge in [-0.3, -0.25) is 9.48 Å². The molecule has 0 radical (unpaired) electrons. The third kappa shape index (κ3) is 4.53. The number of thioether (sulfide) groups is 1. The van der Waals surface area contributed by atoms with Crippen molar-refractivity contribution < 1.29 is 13.2 Å². The van der Waals surface area contributed by atoms with Crippen LogP contribution >= 0.6 is 34.7 Å². The average Bonchev–Trinajstić information content (AvgIpc) is 3.28. The van der Waals surface area contributed by atoms with E-state index in [0.29, 0.717) is 11.3 Å². The van der Waals surface area contributed by atoms with Gasteiger partial charge in [-0.25, -0.2) is 12.7 Å². The van der Waals surface area contributed by atoms with Crippen LogP contribution in [0.2, 0.25) is 5.15 Å². The van der Waals surface area contributed by atoms with Crippen LogP contribution in [-0.4, -0.2) is 35.0 Å². The Balaban J connectivity index is 1.88. The molecule has 0 N–H and O–H groups in total. The fourth-order valence-corrected chi connectivity index (χ4v) is 6.71. The topological polar surface area (TPSA) is 72.3 Å². The molecule has 10 heteroatoms. The van der Waals surface area contributed by atoms with Gasteiger partial charge in [0.25, 0.3) is 15.9 Å². The number of carbonyl (C=O) groups excluding carboxylic acids is 1. The molecule has 1 aromatic carbocycles. The number of hydrogen-bond acceptors (Lipinski definition) is 6. The van der Waals surface area contributed by atoms with Crippen molar-refractivity contribution >= 4 is 50.6 Å². The highest BCUT2D eigenvalue weighted by Crippen LogP contribution is 2.29. The second-order valence-corrected chi connectivity index (χ2v) is 10.6. The molecule has 0 atom stereocenters. The predicted octanol–water partition coefficient (Wildman–Crippen LogP) is 4.59. The van der Waals surface area contributed by atoms with E-state index in [4.69, 9.17) is 11.6 Å². The fraction of sp³-hybridized carbons (Fsp3) is 0.263. The first-order valence-corrected chi connectivity index (χ1v) is 12.5. The predicted molar refractivity (Wildman–Crippen MR) is 117 cm³/mol. The summed E-state index contributed by atoms with van der Waals surface area (Å²) in [6, 6.07) is 11.1. The van der Waals surface area contributed by atoms with E-state index in [1.165, 1.54) is 8.89 Å². The summed E-state index contributed by atoms with van der Waals surface area (Å²) in [5.74, 6) is 0.100. The van der Waals surface area contributed by atoms with Crippen molar-refractivity contribution in [1.29, 1.82) is 0 Å². The van der Waals surface area contributed by atoms with Gasteiger partial charge in [-0.1, -0.05) is 29.8 Å². The molecule has 29 heavy (non-hydrogen) atoms. The second kappa shape index (κ2) is 8.91. The monoisotopic (exact) mass is 469 g/mol. The molecule has 0 saturated carbocycles. The first kappa shape index (κ1) is 21.9. The summed E-state index contributed by atoms with van der Waals surface area (Å²) in [5.41, 5.74) is 1.51. The van der Waals surface area contributed by atoms with Gasteiger partial charge in [-0.2, -0.15) is 5.10 Å². The maximum atomic E-state index is 13.2. The molecule has 1 amide bonds. The van der Waals surface area contributed by atoms with Gasteiger partial charge in [0.2, 0.25) is 0 Å². The molecule has 0 saturated heterocycles. The maximum Gasteiger partial charge on any atom is 0.271 e. The minimum Gasteiger partial charge on any atom is -0.268 e. The number of sulfonamides is 1. The van der Waals surface area contributed by atoms with E-state index < -0.39 is 15.9 Å². The zero-order chi connectivity index (χ0) is 21.2. The Hall–Kier alpha value is -1.81. The van der Waals surface area contributed by atoms with E-state index in [-0.39, 0.29) is 22.3 Å². The van der Waals surface area contributed by atoms with E-state index in [1.54, 1.807) is 62.2 Å². The lowest BCUT2D eigenvalue weighted by atomic mass is 10.1. The molecule has 2 heterocycles. The lowest BCUT2D eigenvalue weighted by Crippen LogP contribution is -2.37. The Kier molecular flexibility index (Phi) is 6.72. The van der Waals surface area contributed by atoms with Crippen LogP contribution < -0.4 is 0 Å². The minimum atomic E-state index is -4.13. The molecule has 3 rings (SSSR count). The van der Waals surface area contributed by atoms with Crippen molar-refractivity contribution in [3.05, 3.63) is 63.8 Å². The summed E-state index contributed by atoms with van der Waals surface area (Å²) in [5, 5.41) is 6.05. The van der Waals surface area contributed by atoms with Crippen LogP contribution in [0.5, 0.6) is 0 Å². The molecule has 0 bridgehead atoms. The first-order chi connectivity index (χ1) is 13.8. The number of amides is 1. The summed E-state index contributed by atoms with van der Waals surface area (Å²) >= 11 is 9.47. The Morgan fingerprint density at radius 2 is 2.07 bits per heavy atom. The number of aromatic nitrogens is 2. The van der Waals surface area contributed by atoms with Crippen LogP contribution in [0.3, 0.4) is 0 Å². The average molecular weight is 470 g/mol. The number of aryl methyl sites for hydroxylation is 2. The number of thiophene rings is 1. The fourth-order valence-electron chi connectivity index (χ4n) is 2.87. The van der Waals surface area contributed by atoms with Crippen molar-refractivity contribution in [3.8, 4) is 0 Å². The van der Waals surface area contributed by atoms with Gasteiger partial charge in [0.1, 0.15) is 10.0 Å². The number of carbonyl (C=O) groups is 1. The van der Waals surface area contributed by atoms with Crippen molar-refractivity contribution in [2.24, 2.45) is 7.05 Å². The van der Waals surface area contributed by atoms with Crippen LogP contribution in [0.15, 0.2) is 50.9 Å². The standard InChI is InChI=1S/C19H20ClN3O3S3/c1-4-23(29(25,26)17-13(2)21-22(3)18(17)20)19(24)15-8-5-7-14(11-15)12-28-16-9-6-10-27-16/h5-11H,4,12H2,1-3H3. The summed E-state index contributed by atoms with van der Waals surface area (Å²) in [4.78, 5) is 12.9. The lowest BCUT2D eigenvalue weighted by Gasteiger charge is -2.21. The molecular formula is C19H20ClN3O3S3. The largest absolute Gasteiger partial charge is 0.271 e. The molecule has 0 unspecified atom stereocenters. The molecule has 154 valence electrons. The number of hydrogen-bond donors (Lipinski definition) is 0. The van der Waals surface area contributed by atoms with E-state index >= 15 is 0 Å². The molecule has 0 aliphatic heterocycles. The Labute approximate surface area is 183 Å². The zero-order valence-corrected chi connectivity index (χ0v) is 19.3. The molecule has 0 aliphatic rings. The highest BCUT2D eigenvalue weighted by molar-refractivity contribution is 8.00. The van der Waals surface area contributed by atoms with Crippen molar-refractivity contribution in [2.45, 2.75) is 28.7 Å². The third-order valence-electron chi connectivity index (χ3n) is 4.21. The highest BCUT2D eigenvalue weighted by atomic mass is 35.5. The van der Waals surface area contributed by atoms with Crippen LogP contribution in [0.4, 0.5) is 0 Å². The van der Waals surface area contributed by atoms with Crippen molar-refractivity contribution in [2.75, 3.05) is 6.54 Å². The van der Waals surface area contributed by atoms with Gasteiger partial charge in [0.05, 0.1) is 9.90 Å². The zero-order valence-electron chi connectivity index (χ0n) is 16.1. The van der Waals surface area contributed by atoms with Crippen LogP contribution in [0, 0.1) is 6.92 Å². The number of benzene rings is 1. The molecule has 0 fully saturated rings. The van der Waals surface area contributed by atoms with Crippen LogP contribution in [0.25, 0.3) is 0 Å². The van der Waals surface area contributed by atoms with E-state index in [9.17, 15) is 13.2 Å². The number of rotatable bonds is 7. The van der Waals surface area contributed by atoms with E-state index in [0.717, 1.165) is 9.87 Å². The molecule has 6 nitrogen and oxygen atoms in total. The first-order valence-electron chi connectivity index (χ1n) is 8.77. The van der Waals surface area contributed by atoms with Crippen molar-refractivity contribution in [1.82, 2.24) is 14.1 Å². The van der Waals surface area contributed by atoms with E-state index in [1.807, 2.05) is 23.6 Å². The van der Waals surface area contributed by atoms with Crippen molar-refractivity contribution in [3.63, 3.8) is 0 Å². The van der Waals surface area contributed by atoms with Gasteiger partial charge < -0.3 is 0 Å². The van der Waals surface area contributed by atoms with Crippen LogP contribution in [-0.2, 0) is 22.8 Å². The molecule has 0 aliphatic carbocycles. The summed E-state index contributed by atoms with van der Waals surface area (Å²) in [7, 11) is -2.58. The van der Waals surface area contributed by atoms with Gasteiger partial charge in [0, 0.05) is 24.9 Å². The molecular weight excluding hydrogens is 450 g/mol. The highest BCUT2D eigenvalue weighted by Gasteiger charge is 2.34. The summed E-state index contributed by atoms with van der Waals surface area (Å²) < 4.78 is 29.6. The lowest BCUT2D eigenvalue weighted by molar-refractivity contribution is 0.0866.